The third-order valence-corrected chi connectivity index (χ3v) is 4.84. The van der Waals surface area contributed by atoms with Crippen molar-refractivity contribution in [2.75, 3.05) is 11.0 Å². The fraction of sp³-hybridized carbons (Fsp3) is 0.200. The fourth-order valence-electron chi connectivity index (χ4n) is 1.89. The van der Waals surface area contributed by atoms with Gasteiger partial charge in [-0.1, -0.05) is 17.7 Å². The third kappa shape index (κ3) is 4.70. The first-order valence-corrected chi connectivity index (χ1v) is 9.96. The van der Waals surface area contributed by atoms with E-state index in [1.54, 1.807) is 19.1 Å². The molecule has 0 heterocycles. The van der Waals surface area contributed by atoms with Gasteiger partial charge in [0.15, 0.2) is 0 Å². The van der Waals surface area contributed by atoms with Crippen LogP contribution in [0.4, 0.5) is 5.69 Å². The third-order valence-electron chi connectivity index (χ3n) is 2.99. The van der Waals surface area contributed by atoms with Crippen LogP contribution in [0.25, 0.3) is 0 Å². The highest BCUT2D eigenvalue weighted by Crippen LogP contribution is 2.26. The molecule has 0 saturated carbocycles. The van der Waals surface area contributed by atoms with E-state index in [-0.39, 0.29) is 10.6 Å². The lowest BCUT2D eigenvalue weighted by Gasteiger charge is -2.11. The summed E-state index contributed by atoms with van der Waals surface area (Å²) >= 11 is 0. The molecule has 0 saturated heterocycles. The molecule has 0 aromatic heterocycles. The van der Waals surface area contributed by atoms with Crippen molar-refractivity contribution in [3.05, 3.63) is 53.6 Å². The maximum Gasteiger partial charge on any atom is 0.339 e. The molecule has 0 spiro atoms. The molecule has 8 heteroatoms. The molecule has 2 aromatic rings. The molecular weight excluding hydrogens is 338 g/mol. The van der Waals surface area contributed by atoms with Gasteiger partial charge < -0.3 is 4.18 Å². The largest absolute Gasteiger partial charge is 0.379 e. The normalized spacial score (nSPS) is 12.0. The molecule has 2 aromatic carbocycles. The zero-order valence-corrected chi connectivity index (χ0v) is 14.5. The molecule has 0 aliphatic rings. The molecule has 0 fully saturated rings. The summed E-state index contributed by atoms with van der Waals surface area (Å²) < 4.78 is 54.3. The average molecular weight is 355 g/mol. The second-order valence-electron chi connectivity index (χ2n) is 5.21. The molecule has 0 radical (unpaired) electrons. The molecule has 0 bridgehead atoms. The molecule has 0 atom stereocenters. The number of benzene rings is 2. The van der Waals surface area contributed by atoms with Crippen LogP contribution in [0.1, 0.15) is 11.1 Å². The lowest BCUT2D eigenvalue weighted by Crippen LogP contribution is -2.12. The van der Waals surface area contributed by atoms with Crippen LogP contribution in [0.15, 0.2) is 47.4 Å². The second-order valence-corrected chi connectivity index (χ2v) is 8.50. The van der Waals surface area contributed by atoms with Crippen LogP contribution in [0, 0.1) is 13.8 Å². The van der Waals surface area contributed by atoms with Gasteiger partial charge in [-0.3, -0.25) is 4.72 Å². The van der Waals surface area contributed by atoms with Gasteiger partial charge in [0, 0.05) is 5.69 Å². The monoisotopic (exact) mass is 355 g/mol. The summed E-state index contributed by atoms with van der Waals surface area (Å²) in [6.45, 7) is 3.49. The Morgan fingerprint density at radius 1 is 0.913 bits per heavy atom. The average Bonchev–Trinajstić information content (AvgIpc) is 2.40. The Hall–Kier alpha value is -2.06. The first-order valence-electron chi connectivity index (χ1n) is 6.66. The summed E-state index contributed by atoms with van der Waals surface area (Å²) in [5.41, 5.74) is 1.77. The van der Waals surface area contributed by atoms with Crippen LogP contribution in [0.3, 0.4) is 0 Å². The molecule has 2 rings (SSSR count). The SMILES string of the molecule is Cc1ccc(S(=O)(=O)Oc2ccc(NS(C)(=O)=O)cc2C)cc1. The summed E-state index contributed by atoms with van der Waals surface area (Å²) in [7, 11) is -7.34. The van der Waals surface area contributed by atoms with E-state index in [1.807, 2.05) is 6.92 Å². The van der Waals surface area contributed by atoms with Crippen LogP contribution in [-0.2, 0) is 20.1 Å². The highest BCUT2D eigenvalue weighted by Gasteiger charge is 2.18. The molecule has 124 valence electrons. The van der Waals surface area contributed by atoms with Gasteiger partial charge in [0.25, 0.3) is 0 Å². The van der Waals surface area contributed by atoms with E-state index in [9.17, 15) is 16.8 Å². The smallest absolute Gasteiger partial charge is 0.339 e. The summed E-state index contributed by atoms with van der Waals surface area (Å²) in [5, 5.41) is 0. The minimum atomic E-state index is -3.94. The molecule has 0 aliphatic heterocycles. The molecule has 0 amide bonds. The van der Waals surface area contributed by atoms with Gasteiger partial charge in [-0.05, 0) is 49.7 Å². The number of nitrogens with one attached hydrogen (secondary N) is 1. The van der Waals surface area contributed by atoms with E-state index in [0.29, 0.717) is 11.3 Å². The number of hydrogen-bond acceptors (Lipinski definition) is 5. The van der Waals surface area contributed by atoms with Crippen molar-refractivity contribution in [2.24, 2.45) is 0 Å². The summed E-state index contributed by atoms with van der Waals surface area (Å²) in [6.07, 6.45) is 1.04. The van der Waals surface area contributed by atoms with Gasteiger partial charge in [0.05, 0.1) is 6.26 Å². The van der Waals surface area contributed by atoms with E-state index in [0.717, 1.165) is 11.8 Å². The maximum atomic E-state index is 12.2. The van der Waals surface area contributed by atoms with E-state index < -0.39 is 20.1 Å². The number of rotatable bonds is 5. The van der Waals surface area contributed by atoms with Crippen molar-refractivity contribution in [1.29, 1.82) is 0 Å². The summed E-state index contributed by atoms with van der Waals surface area (Å²) in [6, 6.07) is 10.7. The van der Waals surface area contributed by atoms with Crippen LogP contribution >= 0.6 is 0 Å². The van der Waals surface area contributed by atoms with Gasteiger partial charge in [0.1, 0.15) is 10.6 Å². The first kappa shape index (κ1) is 17.3. The Kier molecular flexibility index (Phi) is 4.67. The predicted molar refractivity (Wildman–Crippen MR) is 88.6 cm³/mol. The molecule has 23 heavy (non-hydrogen) atoms. The van der Waals surface area contributed by atoms with Crippen LogP contribution in [0.5, 0.6) is 5.75 Å². The molecular formula is C15H17NO5S2. The van der Waals surface area contributed by atoms with E-state index in [4.69, 9.17) is 4.18 Å². The van der Waals surface area contributed by atoms with Crippen LogP contribution in [-0.4, -0.2) is 23.1 Å². The first-order chi connectivity index (χ1) is 10.6. The van der Waals surface area contributed by atoms with Crippen LogP contribution < -0.4 is 8.91 Å². The number of aryl methyl sites for hydroxylation is 2. The zero-order chi connectivity index (χ0) is 17.3. The summed E-state index contributed by atoms with van der Waals surface area (Å²) in [4.78, 5) is 0.0563. The van der Waals surface area contributed by atoms with E-state index >= 15 is 0 Å². The van der Waals surface area contributed by atoms with Gasteiger partial charge >= 0.3 is 10.1 Å². The Balaban J connectivity index is 2.28. The molecule has 0 aliphatic carbocycles. The van der Waals surface area contributed by atoms with Crippen molar-refractivity contribution in [3.8, 4) is 5.75 Å². The topological polar surface area (TPSA) is 89.5 Å². The Morgan fingerprint density at radius 2 is 1.52 bits per heavy atom. The predicted octanol–water partition coefficient (Wildman–Crippen LogP) is 2.44. The second kappa shape index (κ2) is 6.21. The van der Waals surface area contributed by atoms with Crippen LogP contribution in [0.2, 0.25) is 0 Å². The lowest BCUT2D eigenvalue weighted by molar-refractivity contribution is 0.484. The van der Waals surface area contributed by atoms with E-state index in [1.165, 1.54) is 30.3 Å². The molecule has 1 N–H and O–H groups in total. The fourth-order valence-corrected chi connectivity index (χ4v) is 3.44. The van der Waals surface area contributed by atoms with Gasteiger partial charge in [-0.25, -0.2) is 8.42 Å². The Morgan fingerprint density at radius 3 is 2.04 bits per heavy atom. The summed E-state index contributed by atoms with van der Waals surface area (Å²) in [5.74, 6) is 0.143. The van der Waals surface area contributed by atoms with Crippen molar-refractivity contribution in [2.45, 2.75) is 18.7 Å². The standard InChI is InChI=1S/C15H17NO5S2/c1-11-4-7-14(8-5-11)23(19,20)21-15-9-6-13(10-12(15)2)16-22(3,17)18/h4-10,16H,1-3H3. The minimum Gasteiger partial charge on any atom is -0.379 e. The van der Waals surface area contributed by atoms with Crippen molar-refractivity contribution < 1.29 is 21.0 Å². The molecule has 6 nitrogen and oxygen atoms in total. The quantitative estimate of drug-likeness (QED) is 0.832. The Labute approximate surface area is 136 Å². The molecule has 0 unspecified atom stereocenters. The number of sulfonamides is 1. The van der Waals surface area contributed by atoms with Gasteiger partial charge in [0.2, 0.25) is 10.0 Å². The van der Waals surface area contributed by atoms with E-state index in [2.05, 4.69) is 4.72 Å². The number of hydrogen-bond donors (Lipinski definition) is 1. The van der Waals surface area contributed by atoms with Crippen molar-refractivity contribution in [3.63, 3.8) is 0 Å². The highest BCUT2D eigenvalue weighted by atomic mass is 32.2. The van der Waals surface area contributed by atoms with Gasteiger partial charge in [-0.15, -0.1) is 0 Å². The lowest BCUT2D eigenvalue weighted by atomic mass is 10.2. The number of anilines is 1. The van der Waals surface area contributed by atoms with Crippen molar-refractivity contribution >= 4 is 25.8 Å². The van der Waals surface area contributed by atoms with Crippen molar-refractivity contribution in [1.82, 2.24) is 0 Å². The maximum absolute atomic E-state index is 12.2. The zero-order valence-electron chi connectivity index (χ0n) is 12.9. The minimum absolute atomic E-state index is 0.0563. The van der Waals surface area contributed by atoms with Gasteiger partial charge in [-0.2, -0.15) is 8.42 Å². The Bertz CT molecular complexity index is 917. The highest BCUT2D eigenvalue weighted by molar-refractivity contribution is 7.92.